The van der Waals surface area contributed by atoms with Crippen LogP contribution in [0.15, 0.2) is 60.2 Å². The molecule has 0 bridgehead atoms. The molecule has 1 aromatic heterocycles. The topological polar surface area (TPSA) is 90.9 Å². The molecule has 1 aliphatic rings. The number of aryl methyl sites for hydroxylation is 1. The SMILES string of the molecule is Cn1nc(/C(O)=C(\C#N)C(=O)Nc2ccccc2)c2c1-c1ccccc1C2. The highest BCUT2D eigenvalue weighted by molar-refractivity contribution is 6.11. The number of aromatic nitrogens is 2. The lowest BCUT2D eigenvalue weighted by Gasteiger charge is -2.06. The van der Waals surface area contributed by atoms with E-state index >= 15 is 0 Å². The number of carbonyl (C=O) groups is 1. The van der Waals surface area contributed by atoms with E-state index in [4.69, 9.17) is 0 Å². The zero-order valence-corrected chi connectivity index (χ0v) is 14.6. The first-order chi connectivity index (χ1) is 13.1. The van der Waals surface area contributed by atoms with Crippen LogP contribution < -0.4 is 5.32 Å². The molecule has 2 aromatic carbocycles. The van der Waals surface area contributed by atoms with Gasteiger partial charge in [0.2, 0.25) is 0 Å². The maximum atomic E-state index is 12.5. The van der Waals surface area contributed by atoms with Crippen molar-refractivity contribution in [1.82, 2.24) is 9.78 Å². The molecule has 27 heavy (non-hydrogen) atoms. The highest BCUT2D eigenvalue weighted by Gasteiger charge is 2.30. The molecule has 0 fully saturated rings. The summed E-state index contributed by atoms with van der Waals surface area (Å²) < 4.78 is 1.68. The van der Waals surface area contributed by atoms with E-state index in [1.807, 2.05) is 36.4 Å². The number of nitrogens with one attached hydrogen (secondary N) is 1. The van der Waals surface area contributed by atoms with Crippen LogP contribution in [0.5, 0.6) is 0 Å². The highest BCUT2D eigenvalue weighted by atomic mass is 16.3. The fraction of sp³-hybridized carbons (Fsp3) is 0.0952. The summed E-state index contributed by atoms with van der Waals surface area (Å²) in [5, 5.41) is 27.2. The van der Waals surface area contributed by atoms with Crippen LogP contribution in [-0.2, 0) is 18.3 Å². The van der Waals surface area contributed by atoms with Crippen LogP contribution in [0.4, 0.5) is 5.69 Å². The number of para-hydroxylation sites is 1. The second-order valence-corrected chi connectivity index (χ2v) is 6.29. The first kappa shape index (κ1) is 16.6. The molecule has 132 valence electrons. The number of hydrogen-bond donors (Lipinski definition) is 2. The normalized spacial score (nSPS) is 12.6. The lowest BCUT2D eigenvalue weighted by atomic mass is 10.1. The molecular formula is C21H16N4O2. The quantitative estimate of drug-likeness (QED) is 0.334. The highest BCUT2D eigenvalue weighted by Crippen LogP contribution is 2.39. The number of benzene rings is 2. The number of rotatable bonds is 3. The third-order valence-corrected chi connectivity index (χ3v) is 4.62. The second kappa shape index (κ2) is 6.46. The number of fused-ring (bicyclic) bond motifs is 3. The molecule has 6 nitrogen and oxygen atoms in total. The molecule has 3 aromatic rings. The van der Waals surface area contributed by atoms with Crippen LogP contribution in [0.1, 0.15) is 16.8 Å². The van der Waals surface area contributed by atoms with Gasteiger partial charge in [-0.15, -0.1) is 0 Å². The number of amides is 1. The van der Waals surface area contributed by atoms with Crippen molar-refractivity contribution < 1.29 is 9.90 Å². The van der Waals surface area contributed by atoms with E-state index in [0.717, 1.165) is 22.4 Å². The Labute approximate surface area is 156 Å². The van der Waals surface area contributed by atoms with Gasteiger partial charge in [-0.25, -0.2) is 0 Å². The van der Waals surface area contributed by atoms with Crippen molar-refractivity contribution in [1.29, 1.82) is 5.26 Å². The van der Waals surface area contributed by atoms with Crippen molar-refractivity contribution in [3.05, 3.63) is 77.0 Å². The number of aliphatic hydroxyl groups excluding tert-OH is 1. The smallest absolute Gasteiger partial charge is 0.270 e. The largest absolute Gasteiger partial charge is 0.504 e. The molecule has 6 heteroatoms. The standard InChI is InChI=1S/C21H16N4O2/c1-25-19-15-10-6-5-7-13(15)11-16(19)18(24-25)20(26)17(12-22)21(27)23-14-8-3-2-4-9-14/h2-10,26H,11H2,1H3,(H,23,27)/b20-17-. The van der Waals surface area contributed by atoms with Crippen molar-refractivity contribution in [2.45, 2.75) is 6.42 Å². The van der Waals surface area contributed by atoms with Crippen molar-refractivity contribution in [3.8, 4) is 17.3 Å². The molecule has 2 N–H and O–H groups in total. The summed E-state index contributed by atoms with van der Waals surface area (Å²) in [7, 11) is 1.79. The van der Waals surface area contributed by atoms with Crippen LogP contribution in [0.2, 0.25) is 0 Å². The van der Waals surface area contributed by atoms with E-state index in [2.05, 4.69) is 10.4 Å². The summed E-state index contributed by atoms with van der Waals surface area (Å²) in [6.45, 7) is 0. The minimum atomic E-state index is -0.670. The molecule has 0 radical (unpaired) electrons. The average molecular weight is 356 g/mol. The van der Waals surface area contributed by atoms with Gasteiger partial charge in [0.15, 0.2) is 11.3 Å². The lowest BCUT2D eigenvalue weighted by Crippen LogP contribution is -2.15. The summed E-state index contributed by atoms with van der Waals surface area (Å²) in [5.41, 5.74) is 4.33. The summed E-state index contributed by atoms with van der Waals surface area (Å²) in [5.74, 6) is -1.08. The van der Waals surface area contributed by atoms with E-state index in [0.29, 0.717) is 12.1 Å². The monoisotopic (exact) mass is 356 g/mol. The molecule has 1 heterocycles. The number of nitrogens with zero attached hydrogens (tertiary/aromatic N) is 3. The van der Waals surface area contributed by atoms with Gasteiger partial charge in [0, 0.05) is 30.3 Å². The fourth-order valence-electron chi connectivity index (χ4n) is 3.40. The number of nitriles is 1. The number of anilines is 1. The fourth-order valence-corrected chi connectivity index (χ4v) is 3.40. The van der Waals surface area contributed by atoms with E-state index in [1.165, 1.54) is 0 Å². The zero-order chi connectivity index (χ0) is 19.0. The van der Waals surface area contributed by atoms with Gasteiger partial charge >= 0.3 is 0 Å². The Balaban J connectivity index is 1.75. The lowest BCUT2D eigenvalue weighted by molar-refractivity contribution is -0.112. The summed E-state index contributed by atoms with van der Waals surface area (Å²) in [6, 6.07) is 18.5. The molecule has 0 unspecified atom stereocenters. The minimum Gasteiger partial charge on any atom is -0.504 e. The summed E-state index contributed by atoms with van der Waals surface area (Å²) in [6.07, 6.45) is 0.595. The third kappa shape index (κ3) is 2.75. The first-order valence-corrected chi connectivity index (χ1v) is 8.44. The van der Waals surface area contributed by atoms with Gasteiger partial charge in [0.1, 0.15) is 11.8 Å². The van der Waals surface area contributed by atoms with Crippen LogP contribution in [0.3, 0.4) is 0 Å². The third-order valence-electron chi connectivity index (χ3n) is 4.62. The molecule has 1 aliphatic carbocycles. The van der Waals surface area contributed by atoms with E-state index < -0.39 is 11.7 Å². The van der Waals surface area contributed by atoms with Crippen LogP contribution >= 0.6 is 0 Å². The Morgan fingerprint density at radius 1 is 1.19 bits per heavy atom. The number of hydrogen-bond acceptors (Lipinski definition) is 4. The molecule has 0 aliphatic heterocycles. The van der Waals surface area contributed by atoms with Crippen LogP contribution in [-0.4, -0.2) is 20.8 Å². The minimum absolute atomic E-state index is 0.267. The molecule has 4 rings (SSSR count). The summed E-state index contributed by atoms with van der Waals surface area (Å²) in [4.78, 5) is 12.5. The van der Waals surface area contributed by atoms with E-state index in [-0.39, 0.29) is 11.3 Å². The van der Waals surface area contributed by atoms with Crippen molar-refractivity contribution in [2.24, 2.45) is 7.05 Å². The molecule has 0 atom stereocenters. The van der Waals surface area contributed by atoms with Crippen molar-refractivity contribution in [2.75, 3.05) is 5.32 Å². The van der Waals surface area contributed by atoms with Crippen molar-refractivity contribution >= 4 is 17.4 Å². The molecular weight excluding hydrogens is 340 g/mol. The Hall–Kier alpha value is -3.85. The average Bonchev–Trinajstić information content (AvgIpc) is 3.20. The predicted molar refractivity (Wildman–Crippen MR) is 102 cm³/mol. The molecule has 0 saturated heterocycles. The van der Waals surface area contributed by atoms with E-state index in [1.54, 1.807) is 36.0 Å². The van der Waals surface area contributed by atoms with Gasteiger partial charge < -0.3 is 10.4 Å². The van der Waals surface area contributed by atoms with Gasteiger partial charge in [-0.05, 0) is 17.7 Å². The molecule has 0 spiro atoms. The van der Waals surface area contributed by atoms with Gasteiger partial charge in [-0.1, -0.05) is 42.5 Å². The van der Waals surface area contributed by atoms with Gasteiger partial charge in [-0.2, -0.15) is 10.4 Å². The predicted octanol–water partition coefficient (Wildman–Crippen LogP) is 3.42. The Bertz CT molecular complexity index is 1120. The second-order valence-electron chi connectivity index (χ2n) is 6.29. The number of aliphatic hydroxyl groups is 1. The van der Waals surface area contributed by atoms with Crippen molar-refractivity contribution in [3.63, 3.8) is 0 Å². The summed E-state index contributed by atoms with van der Waals surface area (Å²) >= 11 is 0. The Morgan fingerprint density at radius 2 is 1.89 bits per heavy atom. The Morgan fingerprint density at radius 3 is 2.63 bits per heavy atom. The van der Waals surface area contributed by atoms with Gasteiger partial charge in [-0.3, -0.25) is 9.48 Å². The molecule has 1 amide bonds. The Kier molecular flexibility index (Phi) is 3.98. The number of carbonyl (C=O) groups excluding carboxylic acids is 1. The maximum Gasteiger partial charge on any atom is 0.270 e. The van der Waals surface area contributed by atoms with Gasteiger partial charge in [0.25, 0.3) is 5.91 Å². The van der Waals surface area contributed by atoms with E-state index in [9.17, 15) is 15.2 Å². The first-order valence-electron chi connectivity index (χ1n) is 8.44. The van der Waals surface area contributed by atoms with Gasteiger partial charge in [0.05, 0.1) is 5.69 Å². The van der Waals surface area contributed by atoms with Crippen LogP contribution in [0.25, 0.3) is 17.0 Å². The maximum absolute atomic E-state index is 12.5. The zero-order valence-electron chi connectivity index (χ0n) is 14.6. The molecule has 0 saturated carbocycles. The van der Waals surface area contributed by atoms with Crippen LogP contribution in [0, 0.1) is 11.3 Å².